The van der Waals surface area contributed by atoms with Gasteiger partial charge >= 0.3 is 0 Å². The molecule has 1 aliphatic heterocycles. The number of amides is 1. The van der Waals surface area contributed by atoms with Gasteiger partial charge in [0.2, 0.25) is 5.91 Å². The Labute approximate surface area is 108 Å². The minimum absolute atomic E-state index is 0.151. The molecule has 0 radical (unpaired) electrons. The first-order valence-corrected chi connectivity index (χ1v) is 6.54. The van der Waals surface area contributed by atoms with E-state index in [1.807, 2.05) is 42.2 Å². The van der Waals surface area contributed by atoms with E-state index in [9.17, 15) is 4.79 Å². The molecule has 1 fully saturated rings. The second-order valence-corrected chi connectivity index (χ2v) is 4.76. The van der Waals surface area contributed by atoms with Crippen LogP contribution in [0.2, 0.25) is 0 Å². The van der Waals surface area contributed by atoms with Crippen LogP contribution in [0.1, 0.15) is 13.3 Å². The van der Waals surface area contributed by atoms with Gasteiger partial charge in [0.25, 0.3) is 0 Å². The number of anilines is 1. The summed E-state index contributed by atoms with van der Waals surface area (Å²) in [5.74, 6) is 0.151. The molecule has 1 unspecified atom stereocenters. The standard InChI is InChI=1S/C14H21N3O/c1-2-17(13-6-4-3-5-7-13)14(18)11-16-9-8-12(15)10-16/h3-7,12H,2,8-11,15H2,1H3. The number of hydrogen-bond acceptors (Lipinski definition) is 3. The molecule has 0 spiro atoms. The summed E-state index contributed by atoms with van der Waals surface area (Å²) in [6.45, 7) is 4.93. The number of rotatable bonds is 4. The van der Waals surface area contributed by atoms with Gasteiger partial charge in [0.1, 0.15) is 0 Å². The predicted octanol–water partition coefficient (Wildman–Crippen LogP) is 1.07. The first-order valence-electron chi connectivity index (χ1n) is 6.54. The fourth-order valence-electron chi connectivity index (χ4n) is 2.39. The number of nitrogens with zero attached hydrogens (tertiary/aromatic N) is 2. The Morgan fingerprint density at radius 1 is 1.44 bits per heavy atom. The monoisotopic (exact) mass is 247 g/mol. The number of carbonyl (C=O) groups excluding carboxylic acids is 1. The highest BCUT2D eigenvalue weighted by molar-refractivity contribution is 5.94. The lowest BCUT2D eigenvalue weighted by atomic mass is 10.3. The van der Waals surface area contributed by atoms with Crippen LogP contribution in [-0.4, -0.2) is 43.0 Å². The van der Waals surface area contributed by atoms with E-state index in [1.165, 1.54) is 0 Å². The summed E-state index contributed by atoms with van der Waals surface area (Å²) >= 11 is 0. The summed E-state index contributed by atoms with van der Waals surface area (Å²) in [6.07, 6.45) is 0.991. The molecule has 1 aliphatic rings. The van der Waals surface area contributed by atoms with Crippen molar-refractivity contribution in [3.63, 3.8) is 0 Å². The normalized spacial score (nSPS) is 20.0. The highest BCUT2D eigenvalue weighted by atomic mass is 16.2. The number of carbonyl (C=O) groups is 1. The lowest BCUT2D eigenvalue weighted by molar-refractivity contribution is -0.119. The molecule has 1 saturated heterocycles. The fourth-order valence-corrected chi connectivity index (χ4v) is 2.39. The van der Waals surface area contributed by atoms with E-state index in [0.29, 0.717) is 13.1 Å². The highest BCUT2D eigenvalue weighted by Gasteiger charge is 2.23. The molecule has 0 aromatic heterocycles. The molecule has 1 aromatic rings. The molecule has 4 nitrogen and oxygen atoms in total. The Kier molecular flexibility index (Phi) is 4.33. The zero-order valence-corrected chi connectivity index (χ0v) is 10.9. The van der Waals surface area contributed by atoms with Crippen molar-refractivity contribution in [2.75, 3.05) is 31.1 Å². The number of likely N-dealkylation sites (tertiary alicyclic amines) is 1. The van der Waals surface area contributed by atoms with Crippen LogP contribution in [0, 0.1) is 0 Å². The van der Waals surface area contributed by atoms with E-state index in [4.69, 9.17) is 5.73 Å². The minimum Gasteiger partial charge on any atom is -0.326 e. The first-order chi connectivity index (χ1) is 8.70. The van der Waals surface area contributed by atoms with Gasteiger partial charge in [-0.15, -0.1) is 0 Å². The van der Waals surface area contributed by atoms with Gasteiger partial charge in [-0.05, 0) is 25.5 Å². The van der Waals surface area contributed by atoms with Crippen LogP contribution < -0.4 is 10.6 Å². The molecule has 98 valence electrons. The molecule has 1 amide bonds. The molecular formula is C14H21N3O. The number of benzene rings is 1. The van der Waals surface area contributed by atoms with E-state index in [2.05, 4.69) is 4.90 Å². The third-order valence-electron chi connectivity index (χ3n) is 3.35. The Morgan fingerprint density at radius 2 is 2.17 bits per heavy atom. The number of nitrogens with two attached hydrogens (primary N) is 1. The topological polar surface area (TPSA) is 49.6 Å². The van der Waals surface area contributed by atoms with Gasteiger partial charge in [0.05, 0.1) is 6.54 Å². The Morgan fingerprint density at radius 3 is 2.72 bits per heavy atom. The van der Waals surface area contributed by atoms with Gasteiger partial charge in [0.15, 0.2) is 0 Å². The van der Waals surface area contributed by atoms with E-state index in [0.717, 1.165) is 25.2 Å². The molecule has 2 rings (SSSR count). The quantitative estimate of drug-likeness (QED) is 0.866. The van der Waals surface area contributed by atoms with Gasteiger partial charge in [0, 0.05) is 31.4 Å². The molecular weight excluding hydrogens is 226 g/mol. The van der Waals surface area contributed by atoms with E-state index >= 15 is 0 Å². The maximum Gasteiger partial charge on any atom is 0.241 e. The van der Waals surface area contributed by atoms with E-state index in [-0.39, 0.29) is 11.9 Å². The third kappa shape index (κ3) is 3.09. The van der Waals surface area contributed by atoms with Crippen molar-refractivity contribution in [1.82, 2.24) is 4.90 Å². The maximum absolute atomic E-state index is 12.3. The maximum atomic E-state index is 12.3. The third-order valence-corrected chi connectivity index (χ3v) is 3.35. The smallest absolute Gasteiger partial charge is 0.241 e. The van der Waals surface area contributed by atoms with Gasteiger partial charge in [-0.1, -0.05) is 18.2 Å². The molecule has 4 heteroatoms. The second kappa shape index (κ2) is 5.98. The van der Waals surface area contributed by atoms with Gasteiger partial charge in [-0.2, -0.15) is 0 Å². The van der Waals surface area contributed by atoms with E-state index in [1.54, 1.807) is 0 Å². The van der Waals surface area contributed by atoms with Crippen LogP contribution in [0.5, 0.6) is 0 Å². The van der Waals surface area contributed by atoms with Gasteiger partial charge < -0.3 is 10.6 Å². The van der Waals surface area contributed by atoms with Gasteiger partial charge in [-0.25, -0.2) is 0 Å². The Bertz CT molecular complexity index is 393. The first kappa shape index (κ1) is 13.1. The van der Waals surface area contributed by atoms with Crippen LogP contribution in [-0.2, 0) is 4.79 Å². The van der Waals surface area contributed by atoms with Crippen molar-refractivity contribution in [1.29, 1.82) is 0 Å². The summed E-state index contributed by atoms with van der Waals surface area (Å²) < 4.78 is 0. The average molecular weight is 247 g/mol. The highest BCUT2D eigenvalue weighted by Crippen LogP contribution is 2.14. The molecule has 1 aromatic carbocycles. The number of hydrogen-bond donors (Lipinski definition) is 1. The second-order valence-electron chi connectivity index (χ2n) is 4.76. The summed E-state index contributed by atoms with van der Waals surface area (Å²) in [5.41, 5.74) is 6.82. The largest absolute Gasteiger partial charge is 0.326 e. The van der Waals surface area contributed by atoms with Gasteiger partial charge in [-0.3, -0.25) is 9.69 Å². The van der Waals surface area contributed by atoms with Crippen LogP contribution in [0.4, 0.5) is 5.69 Å². The van der Waals surface area contributed by atoms with E-state index < -0.39 is 0 Å². The lowest BCUT2D eigenvalue weighted by Crippen LogP contribution is -2.40. The van der Waals surface area contributed by atoms with Crippen LogP contribution in [0.15, 0.2) is 30.3 Å². The Hall–Kier alpha value is -1.39. The zero-order chi connectivity index (χ0) is 13.0. The van der Waals surface area contributed by atoms with Crippen molar-refractivity contribution in [3.8, 4) is 0 Å². The summed E-state index contributed by atoms with van der Waals surface area (Å²) in [7, 11) is 0. The lowest BCUT2D eigenvalue weighted by Gasteiger charge is -2.24. The fraction of sp³-hybridized carbons (Fsp3) is 0.500. The van der Waals surface area contributed by atoms with Crippen molar-refractivity contribution in [3.05, 3.63) is 30.3 Å². The molecule has 2 N–H and O–H groups in total. The van der Waals surface area contributed by atoms with Crippen LogP contribution in [0.3, 0.4) is 0 Å². The molecule has 0 aliphatic carbocycles. The van der Waals surface area contributed by atoms with Crippen molar-refractivity contribution in [2.24, 2.45) is 5.73 Å². The van der Waals surface area contributed by atoms with Crippen molar-refractivity contribution in [2.45, 2.75) is 19.4 Å². The zero-order valence-electron chi connectivity index (χ0n) is 10.9. The summed E-state index contributed by atoms with van der Waals surface area (Å²) in [5, 5.41) is 0. The molecule has 0 bridgehead atoms. The predicted molar refractivity (Wildman–Crippen MR) is 73.5 cm³/mol. The molecule has 1 atom stereocenters. The summed E-state index contributed by atoms with van der Waals surface area (Å²) in [6, 6.07) is 10.0. The SMILES string of the molecule is CCN(C(=O)CN1CCC(N)C1)c1ccccc1. The molecule has 1 heterocycles. The number of likely N-dealkylation sites (N-methyl/N-ethyl adjacent to an activating group) is 1. The minimum atomic E-state index is 0.151. The van der Waals surface area contributed by atoms with Crippen LogP contribution >= 0.6 is 0 Å². The average Bonchev–Trinajstić information content (AvgIpc) is 2.77. The van der Waals surface area contributed by atoms with Crippen molar-refractivity contribution < 1.29 is 4.79 Å². The van der Waals surface area contributed by atoms with Crippen LogP contribution in [0.25, 0.3) is 0 Å². The number of para-hydroxylation sites is 1. The Balaban J connectivity index is 1.98. The molecule has 18 heavy (non-hydrogen) atoms. The van der Waals surface area contributed by atoms with Crippen molar-refractivity contribution >= 4 is 11.6 Å². The summed E-state index contributed by atoms with van der Waals surface area (Å²) in [4.78, 5) is 16.2. The molecule has 0 saturated carbocycles.